The number of nitrogens with one attached hydrogen (secondary N) is 2. The van der Waals surface area contributed by atoms with E-state index in [0.717, 1.165) is 50.2 Å². The standard InChI is InChI=1S/C22H26N4O2.ClH/c27-21(24-10-5-13-25-14-11-23-12-15-25)16-26-19-8-3-1-6-17(19)22(28)18-7-2-4-9-20(18)26;/h1-4,6-9,23H,5,10-16H2,(H,24,27);1H. The van der Waals surface area contributed by atoms with E-state index >= 15 is 0 Å². The number of pyridine rings is 1. The molecule has 3 aromatic rings. The van der Waals surface area contributed by atoms with Crippen molar-refractivity contribution in [2.24, 2.45) is 0 Å². The van der Waals surface area contributed by atoms with Gasteiger partial charge in [-0.05, 0) is 37.2 Å². The molecule has 1 amide bonds. The van der Waals surface area contributed by atoms with E-state index in [4.69, 9.17) is 0 Å². The largest absolute Gasteiger partial charge is 0.355 e. The molecule has 0 bridgehead atoms. The second-order valence-electron chi connectivity index (χ2n) is 7.24. The van der Waals surface area contributed by atoms with E-state index in [1.807, 2.05) is 53.1 Å². The van der Waals surface area contributed by atoms with Gasteiger partial charge in [0, 0.05) is 43.5 Å². The number of benzene rings is 2. The summed E-state index contributed by atoms with van der Waals surface area (Å²) < 4.78 is 1.94. The van der Waals surface area contributed by atoms with Gasteiger partial charge in [0.25, 0.3) is 0 Å². The topological polar surface area (TPSA) is 66.4 Å². The zero-order chi connectivity index (χ0) is 19.3. The average Bonchev–Trinajstić information content (AvgIpc) is 2.75. The van der Waals surface area contributed by atoms with Crippen LogP contribution in [-0.4, -0.2) is 54.6 Å². The second kappa shape index (κ2) is 9.87. The van der Waals surface area contributed by atoms with Crippen LogP contribution in [0.4, 0.5) is 0 Å². The predicted molar refractivity (Wildman–Crippen MR) is 120 cm³/mol. The van der Waals surface area contributed by atoms with Gasteiger partial charge in [0.1, 0.15) is 6.54 Å². The van der Waals surface area contributed by atoms with E-state index in [0.29, 0.717) is 17.3 Å². The zero-order valence-electron chi connectivity index (χ0n) is 16.4. The molecule has 1 saturated heterocycles. The number of fused-ring (bicyclic) bond motifs is 2. The normalized spacial score (nSPS) is 14.6. The van der Waals surface area contributed by atoms with Crippen LogP contribution >= 0.6 is 12.4 Å². The lowest BCUT2D eigenvalue weighted by molar-refractivity contribution is -0.121. The van der Waals surface area contributed by atoms with Crippen LogP contribution in [0.2, 0.25) is 0 Å². The maximum Gasteiger partial charge on any atom is 0.239 e. The fourth-order valence-electron chi connectivity index (χ4n) is 3.91. The van der Waals surface area contributed by atoms with Crippen LogP contribution in [0.25, 0.3) is 21.8 Å². The Kier molecular flexibility index (Phi) is 7.25. The van der Waals surface area contributed by atoms with E-state index in [1.165, 1.54) is 0 Å². The number of amides is 1. The summed E-state index contributed by atoms with van der Waals surface area (Å²) >= 11 is 0. The van der Waals surface area contributed by atoms with Crippen molar-refractivity contribution in [2.45, 2.75) is 13.0 Å². The molecule has 6 nitrogen and oxygen atoms in total. The van der Waals surface area contributed by atoms with Crippen LogP contribution in [0.15, 0.2) is 53.3 Å². The Morgan fingerprint density at radius 2 is 1.55 bits per heavy atom. The summed E-state index contributed by atoms with van der Waals surface area (Å²) in [6.07, 6.45) is 0.942. The number of aromatic nitrogens is 1. The van der Waals surface area contributed by atoms with Gasteiger partial charge in [-0.2, -0.15) is 0 Å². The maximum absolute atomic E-state index is 12.8. The lowest BCUT2D eigenvalue weighted by Crippen LogP contribution is -2.44. The first-order valence-corrected chi connectivity index (χ1v) is 9.94. The van der Waals surface area contributed by atoms with Gasteiger partial charge < -0.3 is 20.1 Å². The molecule has 0 unspecified atom stereocenters. The van der Waals surface area contributed by atoms with Gasteiger partial charge in [0.15, 0.2) is 5.43 Å². The quantitative estimate of drug-likeness (QED) is 0.478. The van der Waals surface area contributed by atoms with E-state index < -0.39 is 0 Å². The molecule has 0 radical (unpaired) electrons. The number of halogens is 1. The van der Waals surface area contributed by atoms with E-state index in [-0.39, 0.29) is 30.3 Å². The highest BCUT2D eigenvalue weighted by Crippen LogP contribution is 2.18. The Labute approximate surface area is 176 Å². The van der Waals surface area contributed by atoms with Crippen LogP contribution < -0.4 is 16.1 Å². The molecular weight excluding hydrogens is 388 g/mol. The summed E-state index contributed by atoms with van der Waals surface area (Å²) in [5.74, 6) is -0.0285. The summed E-state index contributed by atoms with van der Waals surface area (Å²) in [5.41, 5.74) is 1.60. The molecule has 7 heteroatoms. The summed E-state index contributed by atoms with van der Waals surface area (Å²) in [4.78, 5) is 27.8. The number of hydrogen-bond donors (Lipinski definition) is 2. The summed E-state index contributed by atoms with van der Waals surface area (Å²) in [5, 5.41) is 7.67. The molecule has 154 valence electrons. The molecule has 1 aromatic heterocycles. The molecule has 0 saturated carbocycles. The van der Waals surface area contributed by atoms with Crippen LogP contribution in [0.5, 0.6) is 0 Å². The summed E-state index contributed by atoms with van der Waals surface area (Å²) in [6.45, 7) is 6.10. The number of piperazine rings is 1. The highest BCUT2D eigenvalue weighted by molar-refractivity contribution is 5.94. The molecule has 0 spiro atoms. The molecule has 0 atom stereocenters. The Hall–Kier alpha value is -2.41. The molecule has 4 rings (SSSR count). The first-order valence-electron chi connectivity index (χ1n) is 9.94. The van der Waals surface area contributed by atoms with Crippen LogP contribution in [0, 0.1) is 0 Å². The monoisotopic (exact) mass is 414 g/mol. The van der Waals surface area contributed by atoms with Crippen molar-refractivity contribution in [1.82, 2.24) is 20.1 Å². The van der Waals surface area contributed by atoms with Gasteiger partial charge in [-0.1, -0.05) is 24.3 Å². The molecular formula is C22H27ClN4O2. The molecule has 2 N–H and O–H groups in total. The number of carbonyl (C=O) groups excluding carboxylic acids is 1. The summed E-state index contributed by atoms with van der Waals surface area (Å²) in [7, 11) is 0. The van der Waals surface area contributed by atoms with Crippen LogP contribution in [0.3, 0.4) is 0 Å². The minimum absolute atomic E-state index is 0. The highest BCUT2D eigenvalue weighted by Gasteiger charge is 2.13. The van der Waals surface area contributed by atoms with Crippen molar-refractivity contribution in [3.8, 4) is 0 Å². The van der Waals surface area contributed by atoms with Crippen molar-refractivity contribution in [3.05, 3.63) is 58.8 Å². The maximum atomic E-state index is 12.8. The molecule has 29 heavy (non-hydrogen) atoms. The van der Waals surface area contributed by atoms with E-state index in [2.05, 4.69) is 15.5 Å². The van der Waals surface area contributed by atoms with Gasteiger partial charge in [-0.25, -0.2) is 0 Å². The smallest absolute Gasteiger partial charge is 0.239 e. The first kappa shape index (κ1) is 21.3. The van der Waals surface area contributed by atoms with Crippen molar-refractivity contribution in [2.75, 3.05) is 39.3 Å². The Morgan fingerprint density at radius 3 is 2.17 bits per heavy atom. The number of carbonyl (C=O) groups is 1. The van der Waals surface area contributed by atoms with Crippen molar-refractivity contribution in [3.63, 3.8) is 0 Å². The molecule has 0 aliphatic carbocycles. The van der Waals surface area contributed by atoms with Crippen LogP contribution in [-0.2, 0) is 11.3 Å². The van der Waals surface area contributed by atoms with Gasteiger partial charge >= 0.3 is 0 Å². The molecule has 2 heterocycles. The van der Waals surface area contributed by atoms with Crippen LogP contribution in [0.1, 0.15) is 6.42 Å². The van der Waals surface area contributed by atoms with Gasteiger partial charge in [0.2, 0.25) is 5.91 Å². The zero-order valence-corrected chi connectivity index (χ0v) is 17.2. The number of para-hydroxylation sites is 2. The Balaban J connectivity index is 0.00000240. The van der Waals surface area contributed by atoms with Gasteiger partial charge in [-0.3, -0.25) is 9.59 Å². The fourth-order valence-corrected chi connectivity index (χ4v) is 3.91. The average molecular weight is 415 g/mol. The minimum atomic E-state index is -0.0285. The minimum Gasteiger partial charge on any atom is -0.355 e. The second-order valence-corrected chi connectivity index (χ2v) is 7.24. The third-order valence-electron chi connectivity index (χ3n) is 5.36. The lowest BCUT2D eigenvalue weighted by atomic mass is 10.1. The van der Waals surface area contributed by atoms with Crippen molar-refractivity contribution in [1.29, 1.82) is 0 Å². The molecule has 1 aliphatic heterocycles. The lowest BCUT2D eigenvalue weighted by Gasteiger charge is -2.27. The SMILES string of the molecule is Cl.O=C(Cn1c2ccccc2c(=O)c2ccccc21)NCCCN1CCNCC1. The van der Waals surface area contributed by atoms with E-state index in [1.54, 1.807) is 0 Å². The van der Waals surface area contributed by atoms with Gasteiger partial charge in [0.05, 0.1) is 11.0 Å². The third-order valence-corrected chi connectivity index (χ3v) is 5.36. The number of hydrogen-bond acceptors (Lipinski definition) is 4. The summed E-state index contributed by atoms with van der Waals surface area (Å²) in [6, 6.07) is 15.0. The van der Waals surface area contributed by atoms with Gasteiger partial charge in [-0.15, -0.1) is 12.4 Å². The van der Waals surface area contributed by atoms with Crippen molar-refractivity contribution >= 4 is 40.1 Å². The van der Waals surface area contributed by atoms with E-state index in [9.17, 15) is 9.59 Å². The molecule has 1 fully saturated rings. The first-order chi connectivity index (χ1) is 13.7. The highest BCUT2D eigenvalue weighted by atomic mass is 35.5. The number of rotatable bonds is 6. The Bertz CT molecular complexity index is 984. The molecule has 2 aromatic carbocycles. The third kappa shape index (κ3) is 4.78. The fraction of sp³-hybridized carbons (Fsp3) is 0.364. The predicted octanol–water partition coefficient (Wildman–Crippen LogP) is 1.99. The van der Waals surface area contributed by atoms with Crippen molar-refractivity contribution < 1.29 is 4.79 Å². The molecule has 1 aliphatic rings. The Morgan fingerprint density at radius 1 is 0.966 bits per heavy atom. The number of nitrogens with zero attached hydrogens (tertiary/aromatic N) is 2.